The molecule has 3 heterocycles. The highest BCUT2D eigenvalue weighted by atomic mass is 19.1. The standard InChI is InChI=1S/C19H24FN3O4/c1-11(2)18(24)21-8-14-9-23(19(25)27-14)13-6-15(20)17-16(7-13)26-10-12-4-3-5-22(12)17/h6-7,11-12,14H,3-5,8-10H2,1-2H3,(H,21,24)/t12-,14-/m0/s1. The number of fused-ring (bicyclic) bond motifs is 3. The number of carbonyl (C=O) groups excluding carboxylic acids is 2. The van der Waals surface area contributed by atoms with Crippen molar-refractivity contribution in [3.8, 4) is 5.75 Å². The summed E-state index contributed by atoms with van der Waals surface area (Å²) in [5.74, 6) is -0.164. The van der Waals surface area contributed by atoms with Crippen molar-refractivity contribution < 1.29 is 23.5 Å². The van der Waals surface area contributed by atoms with E-state index in [1.807, 2.05) is 0 Å². The van der Waals surface area contributed by atoms with E-state index in [9.17, 15) is 14.0 Å². The Bertz CT molecular complexity index is 770. The molecule has 8 heteroatoms. The van der Waals surface area contributed by atoms with Crippen molar-refractivity contribution in [3.05, 3.63) is 17.9 Å². The smallest absolute Gasteiger partial charge is 0.414 e. The fourth-order valence-corrected chi connectivity index (χ4v) is 3.85. The first-order chi connectivity index (χ1) is 12.9. The molecule has 1 N–H and O–H groups in total. The van der Waals surface area contributed by atoms with Gasteiger partial charge >= 0.3 is 6.09 Å². The molecule has 2 fully saturated rings. The molecule has 0 saturated carbocycles. The second-order valence-corrected chi connectivity index (χ2v) is 7.59. The van der Waals surface area contributed by atoms with Crippen LogP contribution in [0.5, 0.6) is 5.75 Å². The number of rotatable bonds is 4. The Hall–Kier alpha value is -2.51. The third-order valence-corrected chi connectivity index (χ3v) is 5.32. The molecule has 0 bridgehead atoms. The molecule has 3 aliphatic heterocycles. The predicted octanol–water partition coefficient (Wildman–Crippen LogP) is 2.28. The Balaban J connectivity index is 1.50. The van der Waals surface area contributed by atoms with Gasteiger partial charge in [-0.15, -0.1) is 0 Å². The summed E-state index contributed by atoms with van der Waals surface area (Å²) in [5.41, 5.74) is 0.896. The molecule has 4 rings (SSSR count). The summed E-state index contributed by atoms with van der Waals surface area (Å²) in [7, 11) is 0. The maximum atomic E-state index is 14.8. The Morgan fingerprint density at radius 1 is 1.41 bits per heavy atom. The zero-order valence-corrected chi connectivity index (χ0v) is 15.5. The maximum Gasteiger partial charge on any atom is 0.414 e. The number of carbonyl (C=O) groups is 2. The van der Waals surface area contributed by atoms with Crippen molar-refractivity contribution >= 4 is 23.4 Å². The van der Waals surface area contributed by atoms with E-state index in [0.29, 0.717) is 23.7 Å². The van der Waals surface area contributed by atoms with Gasteiger partial charge in [0, 0.05) is 24.6 Å². The molecular formula is C19H24FN3O4. The van der Waals surface area contributed by atoms with E-state index >= 15 is 0 Å². The first-order valence-electron chi connectivity index (χ1n) is 9.43. The van der Waals surface area contributed by atoms with Crippen molar-refractivity contribution in [2.75, 3.05) is 36.0 Å². The number of benzene rings is 1. The van der Waals surface area contributed by atoms with Crippen molar-refractivity contribution in [3.63, 3.8) is 0 Å². The summed E-state index contributed by atoms with van der Waals surface area (Å²) >= 11 is 0. The predicted molar refractivity (Wildman–Crippen MR) is 97.7 cm³/mol. The first kappa shape index (κ1) is 17.9. The van der Waals surface area contributed by atoms with Crippen LogP contribution in [0.25, 0.3) is 0 Å². The lowest BCUT2D eigenvalue weighted by atomic mass is 10.1. The number of nitrogens with one attached hydrogen (secondary N) is 1. The Kier molecular flexibility index (Phi) is 4.57. The highest BCUT2D eigenvalue weighted by Gasteiger charge is 2.37. The van der Waals surface area contributed by atoms with Crippen LogP contribution in [0.2, 0.25) is 0 Å². The van der Waals surface area contributed by atoms with E-state index in [1.165, 1.54) is 11.0 Å². The van der Waals surface area contributed by atoms with E-state index in [0.717, 1.165) is 19.4 Å². The molecular weight excluding hydrogens is 353 g/mol. The second kappa shape index (κ2) is 6.90. The van der Waals surface area contributed by atoms with Crippen molar-refractivity contribution in [2.45, 2.75) is 38.8 Å². The lowest BCUT2D eigenvalue weighted by molar-refractivity contribution is -0.124. The summed E-state index contributed by atoms with van der Waals surface area (Å²) < 4.78 is 25.9. The number of hydrogen-bond donors (Lipinski definition) is 1. The molecule has 0 aromatic heterocycles. The molecule has 0 spiro atoms. The van der Waals surface area contributed by atoms with Gasteiger partial charge in [-0.3, -0.25) is 9.69 Å². The van der Waals surface area contributed by atoms with Crippen molar-refractivity contribution in [1.29, 1.82) is 0 Å². The molecule has 0 unspecified atom stereocenters. The monoisotopic (exact) mass is 377 g/mol. The molecule has 2 amide bonds. The van der Waals surface area contributed by atoms with Crippen LogP contribution in [0.3, 0.4) is 0 Å². The maximum absolute atomic E-state index is 14.8. The molecule has 146 valence electrons. The van der Waals surface area contributed by atoms with Gasteiger partial charge in [0.15, 0.2) is 5.82 Å². The highest BCUT2D eigenvalue weighted by Crippen LogP contribution is 2.42. The van der Waals surface area contributed by atoms with Gasteiger partial charge in [0.2, 0.25) is 5.91 Å². The number of anilines is 2. The van der Waals surface area contributed by atoms with E-state index in [4.69, 9.17) is 9.47 Å². The van der Waals surface area contributed by atoms with E-state index in [2.05, 4.69) is 10.2 Å². The van der Waals surface area contributed by atoms with Gasteiger partial charge in [0.05, 0.1) is 24.8 Å². The van der Waals surface area contributed by atoms with Crippen molar-refractivity contribution in [1.82, 2.24) is 5.32 Å². The van der Waals surface area contributed by atoms with Crippen LogP contribution in [0, 0.1) is 11.7 Å². The first-order valence-corrected chi connectivity index (χ1v) is 9.43. The van der Waals surface area contributed by atoms with Gasteiger partial charge in [-0.05, 0) is 12.8 Å². The van der Waals surface area contributed by atoms with Crippen LogP contribution in [0.1, 0.15) is 26.7 Å². The average Bonchev–Trinajstić information content (AvgIpc) is 3.25. The molecule has 1 aromatic carbocycles. The molecule has 7 nitrogen and oxygen atoms in total. The quantitative estimate of drug-likeness (QED) is 0.872. The summed E-state index contributed by atoms with van der Waals surface area (Å²) in [4.78, 5) is 27.4. The molecule has 1 aromatic rings. The fourth-order valence-electron chi connectivity index (χ4n) is 3.85. The third-order valence-electron chi connectivity index (χ3n) is 5.32. The molecule has 0 aliphatic carbocycles. The number of hydrogen-bond acceptors (Lipinski definition) is 5. The fraction of sp³-hybridized carbons (Fsp3) is 0.579. The van der Waals surface area contributed by atoms with E-state index < -0.39 is 18.0 Å². The van der Waals surface area contributed by atoms with Crippen LogP contribution in [0.15, 0.2) is 12.1 Å². The summed E-state index contributed by atoms with van der Waals surface area (Å²) in [6, 6.07) is 3.28. The minimum absolute atomic E-state index is 0.0992. The summed E-state index contributed by atoms with van der Waals surface area (Å²) in [6.07, 6.45) is 1.01. The number of ether oxygens (including phenoxy) is 2. The Morgan fingerprint density at radius 3 is 3.00 bits per heavy atom. The topological polar surface area (TPSA) is 71.1 Å². The summed E-state index contributed by atoms with van der Waals surface area (Å²) in [5, 5.41) is 2.75. The van der Waals surface area contributed by atoms with Gasteiger partial charge in [0.1, 0.15) is 24.1 Å². The largest absolute Gasteiger partial charge is 0.489 e. The lowest BCUT2D eigenvalue weighted by Gasteiger charge is -2.34. The normalized spacial score (nSPS) is 23.8. The Labute approximate surface area is 157 Å². The minimum Gasteiger partial charge on any atom is -0.489 e. The van der Waals surface area contributed by atoms with Gasteiger partial charge in [-0.25, -0.2) is 9.18 Å². The molecule has 3 aliphatic rings. The molecule has 27 heavy (non-hydrogen) atoms. The van der Waals surface area contributed by atoms with Crippen LogP contribution >= 0.6 is 0 Å². The van der Waals surface area contributed by atoms with Crippen LogP contribution in [-0.2, 0) is 9.53 Å². The number of nitrogens with zero attached hydrogens (tertiary/aromatic N) is 2. The number of cyclic esters (lactones) is 1. The highest BCUT2D eigenvalue weighted by molar-refractivity contribution is 5.91. The van der Waals surface area contributed by atoms with Gasteiger partial charge in [-0.1, -0.05) is 13.8 Å². The van der Waals surface area contributed by atoms with Crippen molar-refractivity contribution in [2.24, 2.45) is 5.92 Å². The SMILES string of the molecule is CC(C)C(=O)NC[C@H]1CN(c2cc(F)c3c(c2)OC[C@@H]2CCCN32)C(=O)O1. The lowest BCUT2D eigenvalue weighted by Crippen LogP contribution is -2.39. The second-order valence-electron chi connectivity index (χ2n) is 7.59. The Morgan fingerprint density at radius 2 is 2.22 bits per heavy atom. The third kappa shape index (κ3) is 3.28. The van der Waals surface area contributed by atoms with Gasteiger partial charge in [-0.2, -0.15) is 0 Å². The number of amides is 2. The van der Waals surface area contributed by atoms with E-state index in [1.54, 1.807) is 19.9 Å². The molecule has 0 radical (unpaired) electrons. The zero-order valence-electron chi connectivity index (χ0n) is 15.5. The molecule has 2 saturated heterocycles. The summed E-state index contributed by atoms with van der Waals surface area (Å²) in [6.45, 7) is 5.43. The van der Waals surface area contributed by atoms with E-state index in [-0.39, 0.29) is 31.0 Å². The number of halogens is 1. The van der Waals surface area contributed by atoms with Gasteiger partial charge in [0.25, 0.3) is 0 Å². The van der Waals surface area contributed by atoms with Gasteiger partial charge < -0.3 is 19.7 Å². The minimum atomic E-state index is -0.548. The van der Waals surface area contributed by atoms with Crippen LogP contribution < -0.4 is 19.9 Å². The van der Waals surface area contributed by atoms with Crippen LogP contribution in [-0.4, -0.2) is 50.4 Å². The zero-order chi connectivity index (χ0) is 19.1. The average molecular weight is 377 g/mol. The molecule has 2 atom stereocenters. The van der Waals surface area contributed by atoms with Crippen LogP contribution in [0.4, 0.5) is 20.6 Å².